The van der Waals surface area contributed by atoms with Crippen LogP contribution >= 0.6 is 15.9 Å². The maximum Gasteiger partial charge on any atom is 0.137 e. The molecule has 0 saturated heterocycles. The average molecular weight is 300 g/mol. The van der Waals surface area contributed by atoms with E-state index in [2.05, 4.69) is 20.9 Å². The highest BCUT2D eigenvalue weighted by molar-refractivity contribution is 9.09. The number of nitrogens with zero attached hydrogens (tertiary/aromatic N) is 1. The van der Waals surface area contributed by atoms with Gasteiger partial charge in [-0.2, -0.15) is 0 Å². The van der Waals surface area contributed by atoms with Crippen molar-refractivity contribution in [2.75, 3.05) is 11.9 Å². The van der Waals surface area contributed by atoms with Crippen LogP contribution in [0.3, 0.4) is 0 Å². The van der Waals surface area contributed by atoms with Crippen LogP contribution in [0.5, 0.6) is 5.75 Å². The number of rotatable bonds is 10. The van der Waals surface area contributed by atoms with Gasteiger partial charge in [0.1, 0.15) is 5.75 Å². The number of aromatic nitrogens is 1. The summed E-state index contributed by atoms with van der Waals surface area (Å²) in [6.07, 6.45) is 12.7. The molecule has 17 heavy (non-hydrogen) atoms. The lowest BCUT2D eigenvalue weighted by Gasteiger charge is -2.05. The fourth-order valence-electron chi connectivity index (χ4n) is 1.70. The number of unbranched alkanes of at least 4 members (excludes halogenated alkanes) is 6. The Kier molecular flexibility index (Phi) is 9.01. The second kappa shape index (κ2) is 10.6. The molecule has 0 spiro atoms. The molecule has 0 saturated carbocycles. The minimum absolute atomic E-state index is 0.813. The molecule has 96 valence electrons. The standard InChI is InChI=1S/C14H22BrNO/c15-10-6-4-2-1-3-5-7-12-17-14-9-8-11-16-13-14/h8-9,11,13H,1-7,10,12H2. The molecule has 3 heteroatoms. The van der Waals surface area contributed by atoms with Gasteiger partial charge < -0.3 is 4.74 Å². The second-order valence-corrected chi connectivity index (χ2v) is 4.99. The van der Waals surface area contributed by atoms with Crippen molar-refractivity contribution in [3.63, 3.8) is 0 Å². The van der Waals surface area contributed by atoms with Gasteiger partial charge in [0.2, 0.25) is 0 Å². The number of alkyl halides is 1. The van der Waals surface area contributed by atoms with Gasteiger partial charge >= 0.3 is 0 Å². The Morgan fingerprint density at radius 2 is 1.71 bits per heavy atom. The highest BCUT2D eigenvalue weighted by Gasteiger charge is 1.94. The predicted octanol–water partition coefficient (Wildman–Crippen LogP) is 4.59. The van der Waals surface area contributed by atoms with E-state index >= 15 is 0 Å². The van der Waals surface area contributed by atoms with E-state index < -0.39 is 0 Å². The average Bonchev–Trinajstić information content (AvgIpc) is 2.38. The Morgan fingerprint density at radius 1 is 1.00 bits per heavy atom. The van der Waals surface area contributed by atoms with E-state index in [0.29, 0.717) is 0 Å². The Morgan fingerprint density at radius 3 is 2.35 bits per heavy atom. The Hall–Kier alpha value is -0.570. The molecular weight excluding hydrogens is 278 g/mol. The fraction of sp³-hybridized carbons (Fsp3) is 0.643. The van der Waals surface area contributed by atoms with Crippen molar-refractivity contribution < 1.29 is 4.74 Å². The van der Waals surface area contributed by atoms with Crippen LogP contribution in [0.2, 0.25) is 0 Å². The van der Waals surface area contributed by atoms with Gasteiger partial charge in [0, 0.05) is 11.5 Å². The van der Waals surface area contributed by atoms with Crippen molar-refractivity contribution in [1.82, 2.24) is 4.98 Å². The van der Waals surface area contributed by atoms with E-state index in [1.807, 2.05) is 12.1 Å². The first-order chi connectivity index (χ1) is 8.43. The minimum atomic E-state index is 0.813. The molecule has 0 aliphatic heterocycles. The lowest BCUT2D eigenvalue weighted by molar-refractivity contribution is 0.303. The lowest BCUT2D eigenvalue weighted by Crippen LogP contribution is -1.97. The van der Waals surface area contributed by atoms with Crippen molar-refractivity contribution in [2.45, 2.75) is 44.9 Å². The molecular formula is C14H22BrNO. The summed E-state index contributed by atoms with van der Waals surface area (Å²) in [6.45, 7) is 0.813. The normalized spacial score (nSPS) is 10.4. The van der Waals surface area contributed by atoms with Crippen LogP contribution in [0.4, 0.5) is 0 Å². The first kappa shape index (κ1) is 14.5. The monoisotopic (exact) mass is 299 g/mol. The summed E-state index contributed by atoms with van der Waals surface area (Å²) >= 11 is 3.45. The summed E-state index contributed by atoms with van der Waals surface area (Å²) < 4.78 is 5.58. The summed E-state index contributed by atoms with van der Waals surface area (Å²) in [7, 11) is 0. The third-order valence-corrected chi connectivity index (χ3v) is 3.24. The zero-order valence-corrected chi connectivity index (χ0v) is 12.0. The first-order valence-electron chi connectivity index (χ1n) is 6.52. The van der Waals surface area contributed by atoms with E-state index in [0.717, 1.165) is 24.1 Å². The molecule has 1 heterocycles. The van der Waals surface area contributed by atoms with Gasteiger partial charge in [0.15, 0.2) is 0 Å². The van der Waals surface area contributed by atoms with Gasteiger partial charge in [-0.05, 0) is 25.0 Å². The Bertz CT molecular complexity index is 266. The van der Waals surface area contributed by atoms with Gasteiger partial charge in [-0.1, -0.05) is 48.0 Å². The van der Waals surface area contributed by atoms with Gasteiger partial charge in [-0.15, -0.1) is 0 Å². The van der Waals surface area contributed by atoms with E-state index in [9.17, 15) is 0 Å². The first-order valence-corrected chi connectivity index (χ1v) is 7.64. The van der Waals surface area contributed by atoms with Gasteiger partial charge in [-0.3, -0.25) is 4.98 Å². The van der Waals surface area contributed by atoms with E-state index in [-0.39, 0.29) is 0 Å². The zero-order chi connectivity index (χ0) is 12.2. The molecule has 1 aromatic rings. The van der Waals surface area contributed by atoms with Crippen LogP contribution in [0, 0.1) is 0 Å². The third kappa shape index (κ3) is 8.19. The summed E-state index contributed by atoms with van der Waals surface area (Å²) in [6, 6.07) is 3.85. The van der Waals surface area contributed by atoms with E-state index in [1.165, 1.54) is 38.5 Å². The van der Waals surface area contributed by atoms with Gasteiger partial charge in [-0.25, -0.2) is 0 Å². The number of pyridine rings is 1. The lowest BCUT2D eigenvalue weighted by atomic mass is 10.1. The zero-order valence-electron chi connectivity index (χ0n) is 10.4. The second-order valence-electron chi connectivity index (χ2n) is 4.20. The van der Waals surface area contributed by atoms with Crippen LogP contribution in [0.15, 0.2) is 24.5 Å². The van der Waals surface area contributed by atoms with E-state index in [4.69, 9.17) is 4.74 Å². The molecule has 0 aromatic carbocycles. The summed E-state index contributed by atoms with van der Waals surface area (Å²) in [5, 5.41) is 1.14. The maximum absolute atomic E-state index is 5.58. The number of hydrogen-bond acceptors (Lipinski definition) is 2. The van der Waals surface area contributed by atoms with Crippen molar-refractivity contribution in [2.24, 2.45) is 0 Å². The number of halogens is 1. The molecule has 0 aliphatic carbocycles. The molecule has 0 bridgehead atoms. The van der Waals surface area contributed by atoms with E-state index in [1.54, 1.807) is 12.4 Å². The quantitative estimate of drug-likeness (QED) is 0.466. The molecule has 0 N–H and O–H groups in total. The van der Waals surface area contributed by atoms with Gasteiger partial charge in [0.05, 0.1) is 12.8 Å². The van der Waals surface area contributed by atoms with Crippen molar-refractivity contribution in [3.8, 4) is 5.75 Å². The van der Waals surface area contributed by atoms with Crippen LogP contribution in [-0.4, -0.2) is 16.9 Å². The van der Waals surface area contributed by atoms with Crippen molar-refractivity contribution in [1.29, 1.82) is 0 Å². The SMILES string of the molecule is BrCCCCCCCCCOc1cccnc1. The number of ether oxygens (including phenoxy) is 1. The molecule has 1 rings (SSSR count). The van der Waals surface area contributed by atoms with Crippen molar-refractivity contribution >= 4 is 15.9 Å². The van der Waals surface area contributed by atoms with Gasteiger partial charge in [0.25, 0.3) is 0 Å². The summed E-state index contributed by atoms with van der Waals surface area (Å²) in [5.41, 5.74) is 0. The fourth-order valence-corrected chi connectivity index (χ4v) is 2.10. The summed E-state index contributed by atoms with van der Waals surface area (Å²) in [5.74, 6) is 0.879. The minimum Gasteiger partial charge on any atom is -0.492 e. The maximum atomic E-state index is 5.58. The van der Waals surface area contributed by atoms with Crippen molar-refractivity contribution in [3.05, 3.63) is 24.5 Å². The molecule has 0 unspecified atom stereocenters. The molecule has 0 fully saturated rings. The smallest absolute Gasteiger partial charge is 0.137 e. The predicted molar refractivity (Wildman–Crippen MR) is 75.8 cm³/mol. The Balaban J connectivity index is 1.85. The topological polar surface area (TPSA) is 22.1 Å². The highest BCUT2D eigenvalue weighted by Crippen LogP contribution is 2.10. The molecule has 1 aromatic heterocycles. The van der Waals surface area contributed by atoms with Crippen LogP contribution in [0.25, 0.3) is 0 Å². The third-order valence-electron chi connectivity index (χ3n) is 2.68. The highest BCUT2D eigenvalue weighted by atomic mass is 79.9. The molecule has 2 nitrogen and oxygen atoms in total. The Labute approximate surface area is 113 Å². The largest absolute Gasteiger partial charge is 0.492 e. The number of hydrogen-bond donors (Lipinski definition) is 0. The molecule has 0 aliphatic rings. The van der Waals surface area contributed by atoms with Crippen LogP contribution in [0.1, 0.15) is 44.9 Å². The molecule has 0 radical (unpaired) electrons. The molecule has 0 amide bonds. The summed E-state index contributed by atoms with van der Waals surface area (Å²) in [4.78, 5) is 4.01. The van der Waals surface area contributed by atoms with Crippen LogP contribution in [-0.2, 0) is 0 Å². The van der Waals surface area contributed by atoms with Crippen LogP contribution < -0.4 is 4.74 Å². The molecule has 0 atom stereocenters.